The highest BCUT2D eigenvalue weighted by atomic mass is 16.5. The van der Waals surface area contributed by atoms with Crippen molar-refractivity contribution in [3.05, 3.63) is 64.7 Å². The van der Waals surface area contributed by atoms with Crippen LogP contribution in [0.4, 0.5) is 0 Å². The molecule has 0 saturated heterocycles. The molecule has 106 valence electrons. The molecule has 0 bridgehead atoms. The predicted molar refractivity (Wildman–Crippen MR) is 80.6 cm³/mol. The van der Waals surface area contributed by atoms with Crippen LogP contribution in [0.1, 0.15) is 22.3 Å². The molecule has 0 aliphatic carbocycles. The summed E-state index contributed by atoms with van der Waals surface area (Å²) in [5, 5.41) is 20.9. The zero-order valence-corrected chi connectivity index (χ0v) is 12.0. The van der Waals surface area contributed by atoms with E-state index in [0.29, 0.717) is 12.2 Å². The van der Waals surface area contributed by atoms with E-state index >= 15 is 0 Å². The molecular formula is C17H16N2O2. The fourth-order valence-electron chi connectivity index (χ4n) is 2.19. The summed E-state index contributed by atoms with van der Waals surface area (Å²) >= 11 is 0. The molecule has 0 atom stereocenters. The SMILES string of the molecule is Cc1cc(C)cc(OCc2ccccc2C(C#N)=NO)c1. The first-order chi connectivity index (χ1) is 10.1. The molecule has 4 nitrogen and oxygen atoms in total. The minimum absolute atomic E-state index is 0.0189. The smallest absolute Gasteiger partial charge is 0.187 e. The molecule has 2 rings (SSSR count). The lowest BCUT2D eigenvalue weighted by molar-refractivity contribution is 0.305. The summed E-state index contributed by atoms with van der Waals surface area (Å²) in [6.45, 7) is 4.33. The number of hydrogen-bond acceptors (Lipinski definition) is 4. The van der Waals surface area contributed by atoms with Gasteiger partial charge in [-0.2, -0.15) is 5.26 Å². The van der Waals surface area contributed by atoms with E-state index in [1.807, 2.05) is 44.2 Å². The van der Waals surface area contributed by atoms with Crippen LogP contribution in [0.3, 0.4) is 0 Å². The van der Waals surface area contributed by atoms with Gasteiger partial charge in [0.2, 0.25) is 0 Å². The van der Waals surface area contributed by atoms with Crippen molar-refractivity contribution in [2.75, 3.05) is 0 Å². The summed E-state index contributed by atoms with van der Waals surface area (Å²) in [7, 11) is 0. The Morgan fingerprint density at radius 1 is 1.19 bits per heavy atom. The van der Waals surface area contributed by atoms with E-state index in [9.17, 15) is 0 Å². The summed E-state index contributed by atoms with van der Waals surface area (Å²) in [5.41, 5.74) is 3.62. The zero-order valence-electron chi connectivity index (χ0n) is 12.0. The average Bonchev–Trinajstić information content (AvgIpc) is 2.46. The Labute approximate surface area is 123 Å². The van der Waals surface area contributed by atoms with Crippen LogP contribution in [-0.2, 0) is 6.61 Å². The second-order valence-electron chi connectivity index (χ2n) is 4.83. The van der Waals surface area contributed by atoms with Gasteiger partial charge in [0.05, 0.1) is 0 Å². The van der Waals surface area contributed by atoms with Crippen molar-refractivity contribution in [2.45, 2.75) is 20.5 Å². The lowest BCUT2D eigenvalue weighted by atomic mass is 10.0. The van der Waals surface area contributed by atoms with Crippen molar-refractivity contribution in [3.8, 4) is 11.8 Å². The van der Waals surface area contributed by atoms with E-state index < -0.39 is 0 Å². The minimum atomic E-state index is -0.0189. The van der Waals surface area contributed by atoms with Crippen LogP contribution >= 0.6 is 0 Å². The van der Waals surface area contributed by atoms with Gasteiger partial charge in [-0.3, -0.25) is 0 Å². The van der Waals surface area contributed by atoms with Gasteiger partial charge in [-0.05, 0) is 42.7 Å². The summed E-state index contributed by atoms with van der Waals surface area (Å²) in [5.74, 6) is 0.779. The Morgan fingerprint density at radius 3 is 2.48 bits per heavy atom. The molecule has 0 fully saturated rings. The Kier molecular flexibility index (Phi) is 4.57. The van der Waals surface area contributed by atoms with E-state index in [1.54, 1.807) is 12.1 Å². The van der Waals surface area contributed by atoms with E-state index in [0.717, 1.165) is 22.4 Å². The minimum Gasteiger partial charge on any atom is -0.489 e. The molecule has 0 aliphatic rings. The van der Waals surface area contributed by atoms with Gasteiger partial charge in [0.25, 0.3) is 0 Å². The monoisotopic (exact) mass is 280 g/mol. The van der Waals surface area contributed by atoms with Crippen molar-refractivity contribution >= 4 is 5.71 Å². The van der Waals surface area contributed by atoms with Crippen LogP contribution in [0.15, 0.2) is 47.6 Å². The lowest BCUT2D eigenvalue weighted by Crippen LogP contribution is -2.06. The van der Waals surface area contributed by atoms with Gasteiger partial charge in [0, 0.05) is 5.56 Å². The molecule has 0 spiro atoms. The van der Waals surface area contributed by atoms with E-state index in [2.05, 4.69) is 11.2 Å². The molecule has 0 aliphatic heterocycles. The van der Waals surface area contributed by atoms with Crippen LogP contribution in [0.25, 0.3) is 0 Å². The highest BCUT2D eigenvalue weighted by molar-refractivity contribution is 6.12. The second-order valence-corrected chi connectivity index (χ2v) is 4.83. The maximum atomic E-state index is 8.98. The van der Waals surface area contributed by atoms with Gasteiger partial charge in [-0.25, -0.2) is 0 Å². The predicted octanol–water partition coefficient (Wildman–Crippen LogP) is 3.58. The molecule has 0 aromatic heterocycles. The Bertz CT molecular complexity index is 695. The molecule has 0 amide bonds. The summed E-state index contributed by atoms with van der Waals surface area (Å²) < 4.78 is 5.79. The molecule has 0 saturated carbocycles. The fourth-order valence-corrected chi connectivity index (χ4v) is 2.19. The molecule has 0 unspecified atom stereocenters. The molecule has 2 aromatic carbocycles. The van der Waals surface area contributed by atoms with Crippen LogP contribution in [0, 0.1) is 25.2 Å². The zero-order chi connectivity index (χ0) is 15.2. The van der Waals surface area contributed by atoms with E-state index in [4.69, 9.17) is 15.2 Å². The number of nitriles is 1. The van der Waals surface area contributed by atoms with Crippen molar-refractivity contribution < 1.29 is 9.94 Å². The third kappa shape index (κ3) is 3.61. The first kappa shape index (κ1) is 14.6. The van der Waals surface area contributed by atoms with Gasteiger partial charge in [-0.15, -0.1) is 0 Å². The molecular weight excluding hydrogens is 264 g/mol. The van der Waals surface area contributed by atoms with Crippen LogP contribution in [-0.4, -0.2) is 10.9 Å². The van der Waals surface area contributed by atoms with E-state index in [1.165, 1.54) is 0 Å². The first-order valence-corrected chi connectivity index (χ1v) is 6.55. The quantitative estimate of drug-likeness (QED) is 0.529. The number of aryl methyl sites for hydroxylation is 2. The number of oxime groups is 1. The first-order valence-electron chi connectivity index (χ1n) is 6.55. The lowest BCUT2D eigenvalue weighted by Gasteiger charge is -2.11. The van der Waals surface area contributed by atoms with Gasteiger partial charge < -0.3 is 9.94 Å². The van der Waals surface area contributed by atoms with Crippen LogP contribution in [0.2, 0.25) is 0 Å². The van der Waals surface area contributed by atoms with Crippen molar-refractivity contribution in [2.24, 2.45) is 5.16 Å². The van der Waals surface area contributed by atoms with Crippen LogP contribution in [0.5, 0.6) is 5.75 Å². The highest BCUT2D eigenvalue weighted by Gasteiger charge is 2.09. The van der Waals surface area contributed by atoms with Gasteiger partial charge >= 0.3 is 0 Å². The Morgan fingerprint density at radius 2 is 1.86 bits per heavy atom. The standard InChI is InChI=1S/C17H16N2O2/c1-12-7-13(2)9-15(8-12)21-11-14-5-3-4-6-16(14)17(10-18)19-20/h3-9,20H,11H2,1-2H3. The number of hydrogen-bond donors (Lipinski definition) is 1. The van der Waals surface area contributed by atoms with Gasteiger partial charge in [0.1, 0.15) is 18.4 Å². The third-order valence-corrected chi connectivity index (χ3v) is 3.07. The topological polar surface area (TPSA) is 65.6 Å². The highest BCUT2D eigenvalue weighted by Crippen LogP contribution is 2.19. The average molecular weight is 280 g/mol. The van der Waals surface area contributed by atoms with Gasteiger partial charge in [0.15, 0.2) is 5.71 Å². The summed E-state index contributed by atoms with van der Waals surface area (Å²) in [6.07, 6.45) is 0. The Balaban J connectivity index is 2.23. The largest absolute Gasteiger partial charge is 0.489 e. The van der Waals surface area contributed by atoms with Gasteiger partial charge in [-0.1, -0.05) is 35.5 Å². The van der Waals surface area contributed by atoms with Crippen molar-refractivity contribution in [3.63, 3.8) is 0 Å². The normalized spacial score (nSPS) is 11.0. The second kappa shape index (κ2) is 6.58. The fraction of sp³-hybridized carbons (Fsp3) is 0.176. The van der Waals surface area contributed by atoms with Crippen molar-refractivity contribution in [1.29, 1.82) is 5.26 Å². The number of ether oxygens (including phenoxy) is 1. The Hall–Kier alpha value is -2.80. The number of benzene rings is 2. The third-order valence-electron chi connectivity index (χ3n) is 3.07. The molecule has 1 N–H and O–H groups in total. The summed E-state index contributed by atoms with van der Waals surface area (Å²) in [4.78, 5) is 0. The molecule has 2 aromatic rings. The maximum Gasteiger partial charge on any atom is 0.187 e. The molecule has 0 radical (unpaired) electrons. The maximum absolute atomic E-state index is 8.98. The molecule has 21 heavy (non-hydrogen) atoms. The summed E-state index contributed by atoms with van der Waals surface area (Å²) in [6, 6.07) is 15.1. The van der Waals surface area contributed by atoms with Crippen LogP contribution < -0.4 is 4.74 Å². The number of rotatable bonds is 4. The molecule has 0 heterocycles. The van der Waals surface area contributed by atoms with Crippen molar-refractivity contribution in [1.82, 2.24) is 0 Å². The molecule has 4 heteroatoms. The number of nitrogens with zero attached hydrogens (tertiary/aromatic N) is 2. The van der Waals surface area contributed by atoms with E-state index in [-0.39, 0.29) is 5.71 Å².